The fourth-order valence-corrected chi connectivity index (χ4v) is 4.42. The van der Waals surface area contributed by atoms with Gasteiger partial charge in [0, 0.05) is 6.54 Å². The van der Waals surface area contributed by atoms with Crippen LogP contribution < -0.4 is 4.31 Å². The third-order valence-electron chi connectivity index (χ3n) is 4.02. The summed E-state index contributed by atoms with van der Waals surface area (Å²) in [6.07, 6.45) is 1.58. The van der Waals surface area contributed by atoms with E-state index in [2.05, 4.69) is 5.10 Å². The third-order valence-corrected chi connectivity index (χ3v) is 6.03. The molecule has 0 atom stereocenters. The van der Waals surface area contributed by atoms with E-state index in [0.29, 0.717) is 17.9 Å². The Labute approximate surface area is 148 Å². The van der Waals surface area contributed by atoms with E-state index in [9.17, 15) is 8.42 Å². The second-order valence-corrected chi connectivity index (χ2v) is 7.70. The lowest BCUT2D eigenvalue weighted by atomic mass is 10.2. The van der Waals surface area contributed by atoms with Crippen LogP contribution in [0.1, 0.15) is 18.2 Å². The van der Waals surface area contributed by atoms with Crippen LogP contribution in [0.4, 0.5) is 5.69 Å². The molecule has 0 aliphatic carbocycles. The van der Waals surface area contributed by atoms with E-state index >= 15 is 0 Å². The average molecular weight is 355 g/mol. The van der Waals surface area contributed by atoms with Crippen molar-refractivity contribution < 1.29 is 8.42 Å². The number of aromatic nitrogens is 2. The predicted molar refractivity (Wildman–Crippen MR) is 99.7 cm³/mol. The number of anilines is 1. The molecule has 0 spiro atoms. The van der Waals surface area contributed by atoms with Crippen molar-refractivity contribution in [1.82, 2.24) is 9.78 Å². The van der Waals surface area contributed by atoms with Crippen LogP contribution in [0, 0.1) is 13.8 Å². The smallest absolute Gasteiger partial charge is 0.267 e. The molecule has 0 saturated carbocycles. The summed E-state index contributed by atoms with van der Waals surface area (Å²) in [7, 11) is -3.69. The lowest BCUT2D eigenvalue weighted by Gasteiger charge is -2.22. The highest BCUT2D eigenvalue weighted by molar-refractivity contribution is 7.92. The SMILES string of the molecule is CCN(c1cccc(C)c1)S(=O)(=O)c1cn(-c2ccccc2)nc1C. The van der Waals surface area contributed by atoms with Crippen LogP contribution in [0.15, 0.2) is 65.7 Å². The highest BCUT2D eigenvalue weighted by Gasteiger charge is 2.28. The maximum absolute atomic E-state index is 13.2. The second-order valence-electron chi connectivity index (χ2n) is 5.87. The quantitative estimate of drug-likeness (QED) is 0.701. The largest absolute Gasteiger partial charge is 0.267 e. The molecule has 0 N–H and O–H groups in total. The van der Waals surface area contributed by atoms with Crippen LogP contribution in [0.5, 0.6) is 0 Å². The van der Waals surface area contributed by atoms with Gasteiger partial charge in [-0.2, -0.15) is 5.10 Å². The zero-order chi connectivity index (χ0) is 18.0. The number of para-hydroxylation sites is 1. The molecule has 2 aromatic carbocycles. The Hall–Kier alpha value is -2.60. The number of sulfonamides is 1. The molecule has 6 heteroatoms. The number of hydrogen-bond donors (Lipinski definition) is 0. The first-order valence-electron chi connectivity index (χ1n) is 8.14. The fraction of sp³-hybridized carbons (Fsp3) is 0.211. The van der Waals surface area contributed by atoms with Crippen molar-refractivity contribution >= 4 is 15.7 Å². The van der Waals surface area contributed by atoms with Gasteiger partial charge in [-0.15, -0.1) is 0 Å². The molecule has 0 aliphatic rings. The maximum Gasteiger partial charge on any atom is 0.267 e. The van der Waals surface area contributed by atoms with Gasteiger partial charge in [0.25, 0.3) is 10.0 Å². The van der Waals surface area contributed by atoms with Crippen molar-refractivity contribution in [1.29, 1.82) is 0 Å². The lowest BCUT2D eigenvalue weighted by Crippen LogP contribution is -2.31. The van der Waals surface area contributed by atoms with E-state index in [1.807, 2.05) is 68.4 Å². The Bertz CT molecular complexity index is 979. The standard InChI is InChI=1S/C19H21N3O2S/c1-4-22(18-12-8-9-15(2)13-18)25(23,24)19-14-21(20-16(19)3)17-10-6-5-7-11-17/h5-14H,4H2,1-3H3. The maximum atomic E-state index is 13.2. The number of benzene rings is 2. The van der Waals surface area contributed by atoms with Gasteiger partial charge in [-0.1, -0.05) is 30.3 Å². The van der Waals surface area contributed by atoms with Crippen LogP contribution in [0.25, 0.3) is 5.69 Å². The molecule has 130 valence electrons. The topological polar surface area (TPSA) is 55.2 Å². The number of nitrogens with zero attached hydrogens (tertiary/aromatic N) is 3. The minimum absolute atomic E-state index is 0.222. The van der Waals surface area contributed by atoms with Crippen molar-refractivity contribution in [3.63, 3.8) is 0 Å². The molecule has 0 bridgehead atoms. The molecule has 0 fully saturated rings. The summed E-state index contributed by atoms with van der Waals surface area (Å²) in [6.45, 7) is 5.84. The van der Waals surface area contributed by atoms with E-state index in [-0.39, 0.29) is 4.90 Å². The minimum Gasteiger partial charge on any atom is -0.267 e. The molecule has 0 aliphatic heterocycles. The summed E-state index contributed by atoms with van der Waals surface area (Å²) in [5.41, 5.74) is 2.98. The van der Waals surface area contributed by atoms with E-state index in [0.717, 1.165) is 11.3 Å². The summed E-state index contributed by atoms with van der Waals surface area (Å²) in [4.78, 5) is 0.222. The molecule has 5 nitrogen and oxygen atoms in total. The Morgan fingerprint density at radius 1 is 1.04 bits per heavy atom. The zero-order valence-electron chi connectivity index (χ0n) is 14.5. The average Bonchev–Trinajstić information content (AvgIpc) is 2.99. The normalized spacial score (nSPS) is 11.5. The van der Waals surface area contributed by atoms with Gasteiger partial charge in [0.1, 0.15) is 4.90 Å². The van der Waals surface area contributed by atoms with Crippen LogP contribution in [0.3, 0.4) is 0 Å². The third kappa shape index (κ3) is 3.30. The summed E-state index contributed by atoms with van der Waals surface area (Å²) in [5, 5.41) is 4.39. The highest BCUT2D eigenvalue weighted by Crippen LogP contribution is 2.26. The number of hydrogen-bond acceptors (Lipinski definition) is 3. The summed E-state index contributed by atoms with van der Waals surface area (Å²) >= 11 is 0. The summed E-state index contributed by atoms with van der Waals surface area (Å²) in [5.74, 6) is 0. The van der Waals surface area contributed by atoms with Crippen molar-refractivity contribution in [2.24, 2.45) is 0 Å². The Kier molecular flexibility index (Phi) is 4.63. The molecule has 3 aromatic rings. The van der Waals surface area contributed by atoms with Gasteiger partial charge < -0.3 is 0 Å². The Balaban J connectivity index is 2.06. The molecular formula is C19H21N3O2S. The molecule has 25 heavy (non-hydrogen) atoms. The summed E-state index contributed by atoms with van der Waals surface area (Å²) < 4.78 is 29.4. The zero-order valence-corrected chi connectivity index (χ0v) is 15.4. The van der Waals surface area contributed by atoms with E-state index < -0.39 is 10.0 Å². The van der Waals surface area contributed by atoms with E-state index in [1.165, 1.54) is 4.31 Å². The van der Waals surface area contributed by atoms with Crippen LogP contribution in [-0.4, -0.2) is 24.7 Å². The molecule has 3 rings (SSSR count). The van der Waals surface area contributed by atoms with E-state index in [1.54, 1.807) is 17.8 Å². The molecular weight excluding hydrogens is 334 g/mol. The fourth-order valence-electron chi connectivity index (χ4n) is 2.80. The van der Waals surface area contributed by atoms with Crippen molar-refractivity contribution in [3.8, 4) is 5.69 Å². The molecule has 0 saturated heterocycles. The number of rotatable bonds is 5. The van der Waals surface area contributed by atoms with Crippen LogP contribution in [0.2, 0.25) is 0 Å². The number of aryl methyl sites for hydroxylation is 2. The molecule has 1 heterocycles. The van der Waals surface area contributed by atoms with Gasteiger partial charge >= 0.3 is 0 Å². The van der Waals surface area contributed by atoms with Crippen molar-refractivity contribution in [3.05, 3.63) is 72.1 Å². The molecule has 0 unspecified atom stereocenters. The van der Waals surface area contributed by atoms with Crippen molar-refractivity contribution in [2.75, 3.05) is 10.8 Å². The van der Waals surface area contributed by atoms with Gasteiger partial charge in [0.15, 0.2) is 0 Å². The highest BCUT2D eigenvalue weighted by atomic mass is 32.2. The van der Waals surface area contributed by atoms with Crippen LogP contribution >= 0.6 is 0 Å². The van der Waals surface area contributed by atoms with E-state index in [4.69, 9.17) is 0 Å². The molecule has 1 aromatic heterocycles. The van der Waals surface area contributed by atoms with Gasteiger partial charge in [0.05, 0.1) is 23.3 Å². The van der Waals surface area contributed by atoms with Gasteiger partial charge in [-0.05, 0) is 50.6 Å². The summed E-state index contributed by atoms with van der Waals surface area (Å²) in [6, 6.07) is 17.0. The lowest BCUT2D eigenvalue weighted by molar-refractivity contribution is 0.591. The predicted octanol–water partition coefficient (Wildman–Crippen LogP) is 3.70. The van der Waals surface area contributed by atoms with Gasteiger partial charge in [0.2, 0.25) is 0 Å². The molecule has 0 radical (unpaired) electrons. The van der Waals surface area contributed by atoms with Crippen molar-refractivity contribution in [2.45, 2.75) is 25.7 Å². The monoisotopic (exact) mass is 355 g/mol. The Morgan fingerprint density at radius 3 is 2.40 bits per heavy atom. The van der Waals surface area contributed by atoms with Gasteiger partial charge in [-0.3, -0.25) is 4.31 Å². The first kappa shape index (κ1) is 17.2. The van der Waals surface area contributed by atoms with Gasteiger partial charge in [-0.25, -0.2) is 13.1 Å². The first-order chi connectivity index (χ1) is 11.9. The first-order valence-corrected chi connectivity index (χ1v) is 9.58. The van der Waals surface area contributed by atoms with Crippen LogP contribution in [-0.2, 0) is 10.0 Å². The second kappa shape index (κ2) is 6.72. The molecule has 0 amide bonds. The Morgan fingerprint density at radius 2 is 1.76 bits per heavy atom. The minimum atomic E-state index is -3.69.